The lowest BCUT2D eigenvalue weighted by Crippen LogP contribution is -2.88. The van der Waals surface area contributed by atoms with Crippen molar-refractivity contribution in [2.24, 2.45) is 0 Å². The number of furan rings is 2. The van der Waals surface area contributed by atoms with Crippen LogP contribution in [0.2, 0.25) is 0 Å². The Hall–Kier alpha value is -7.54. The predicted octanol–water partition coefficient (Wildman–Crippen LogP) is 9.57. The summed E-state index contributed by atoms with van der Waals surface area (Å²) < 4.78 is 13.2. The smallest absolute Gasteiger partial charge is 0.251 e. The number of nitrogens with zero attached hydrogens (tertiary/aromatic N) is 2. The lowest BCUT2D eigenvalue weighted by molar-refractivity contribution is 0.668. The highest BCUT2D eigenvalue weighted by atomic mass is 28.3. The van der Waals surface area contributed by atoms with Gasteiger partial charge in [-0.3, -0.25) is 0 Å². The molecule has 0 saturated carbocycles. The zero-order valence-corrected chi connectivity index (χ0v) is 34.3. The molecule has 0 spiro atoms. The second kappa shape index (κ2) is 12.0. The van der Waals surface area contributed by atoms with Crippen molar-refractivity contribution >= 4 is 130 Å². The maximum atomic E-state index is 6.58. The molecule has 14 rings (SSSR count). The van der Waals surface area contributed by atoms with E-state index in [1.54, 1.807) is 0 Å². The Kier molecular flexibility index (Phi) is 6.57. The summed E-state index contributed by atoms with van der Waals surface area (Å²) in [4.78, 5) is 5.06. The fraction of sp³-hybridized carbons (Fsp3) is 0.0182. The van der Waals surface area contributed by atoms with Crippen molar-refractivity contribution in [1.29, 1.82) is 0 Å². The third-order valence-electron chi connectivity index (χ3n) is 13.7. The minimum atomic E-state index is -2.95. The lowest BCUT2D eigenvalue weighted by atomic mass is 9.33. The first-order valence-electron chi connectivity index (χ1n) is 21.1. The summed E-state index contributed by atoms with van der Waals surface area (Å²) in [5, 5.41) is 10.2. The van der Waals surface area contributed by atoms with E-state index in [0.717, 1.165) is 55.3 Å². The maximum Gasteiger partial charge on any atom is 0.251 e. The minimum Gasteiger partial charge on any atom is -0.456 e. The van der Waals surface area contributed by atoms with Gasteiger partial charge in [-0.2, -0.15) is 0 Å². The van der Waals surface area contributed by atoms with Crippen LogP contribution in [0.4, 0.5) is 34.1 Å². The van der Waals surface area contributed by atoms with Crippen molar-refractivity contribution in [3.8, 4) is 0 Å². The second-order valence-corrected chi connectivity index (χ2v) is 20.6. The largest absolute Gasteiger partial charge is 0.456 e. The van der Waals surface area contributed by atoms with Crippen LogP contribution in [0.3, 0.4) is 0 Å². The van der Waals surface area contributed by atoms with Crippen LogP contribution in [0, 0.1) is 6.92 Å². The summed E-state index contributed by atoms with van der Waals surface area (Å²) in [5.41, 5.74) is 15.9. The molecule has 5 heterocycles. The van der Waals surface area contributed by atoms with Gasteiger partial charge in [-0.1, -0.05) is 121 Å². The third-order valence-corrected chi connectivity index (χ3v) is 18.6. The number of hydrogen-bond donors (Lipinski definition) is 0. The van der Waals surface area contributed by atoms with E-state index in [-0.39, 0.29) is 6.71 Å². The monoisotopic (exact) mass is 794 g/mol. The third kappa shape index (κ3) is 4.29. The fourth-order valence-electron chi connectivity index (χ4n) is 11.4. The van der Waals surface area contributed by atoms with Gasteiger partial charge in [0.15, 0.2) is 8.07 Å². The first-order chi connectivity index (χ1) is 30.2. The second-order valence-electron chi connectivity index (χ2n) is 16.8. The molecular formula is C55H35BN2O2Si. The first-order valence-corrected chi connectivity index (χ1v) is 23.1. The Morgan fingerprint density at radius 2 is 0.820 bits per heavy atom. The topological polar surface area (TPSA) is 32.8 Å². The molecule has 0 N–H and O–H groups in total. The number of fused-ring (bicyclic) bond motifs is 6. The van der Waals surface area contributed by atoms with E-state index in [0.29, 0.717) is 0 Å². The highest BCUT2D eigenvalue weighted by Gasteiger charge is 2.56. The molecule has 0 atom stereocenters. The number of rotatable bonds is 4. The zero-order chi connectivity index (χ0) is 40.0. The number of para-hydroxylation sites is 2. The van der Waals surface area contributed by atoms with E-state index in [9.17, 15) is 0 Å². The zero-order valence-electron chi connectivity index (χ0n) is 33.3. The van der Waals surface area contributed by atoms with Crippen molar-refractivity contribution in [1.82, 2.24) is 0 Å². The predicted molar refractivity (Wildman–Crippen MR) is 257 cm³/mol. The van der Waals surface area contributed by atoms with Gasteiger partial charge < -0.3 is 18.6 Å². The SMILES string of the molecule is Cc1cc2c3c(c1)N(c1ccc4c(c1)oc1ccccc14)c1cccc4c1B3c1c(cccc1[Si]4(c1ccccc1)c1ccccc1)N2c1ccc2c(c1)oc1ccccc12. The molecule has 2 aromatic heterocycles. The Labute approximate surface area is 353 Å². The molecule has 3 aliphatic heterocycles. The van der Waals surface area contributed by atoms with Crippen LogP contribution >= 0.6 is 0 Å². The summed E-state index contributed by atoms with van der Waals surface area (Å²) in [6, 6.07) is 72.1. The van der Waals surface area contributed by atoms with Crippen molar-refractivity contribution in [3.63, 3.8) is 0 Å². The molecule has 0 unspecified atom stereocenters. The van der Waals surface area contributed by atoms with Gasteiger partial charge in [0.25, 0.3) is 6.71 Å². The number of hydrogen-bond acceptors (Lipinski definition) is 4. The van der Waals surface area contributed by atoms with Gasteiger partial charge in [0.1, 0.15) is 22.3 Å². The molecule has 0 bridgehead atoms. The van der Waals surface area contributed by atoms with E-state index in [4.69, 9.17) is 8.83 Å². The number of anilines is 6. The molecule has 0 fully saturated rings. The molecule has 3 aliphatic rings. The van der Waals surface area contributed by atoms with E-state index in [1.807, 2.05) is 12.1 Å². The van der Waals surface area contributed by atoms with E-state index >= 15 is 0 Å². The Bertz CT molecular complexity index is 3410. The van der Waals surface area contributed by atoms with Crippen molar-refractivity contribution in [2.75, 3.05) is 9.80 Å². The minimum absolute atomic E-state index is 0.0217. The van der Waals surface area contributed by atoms with Gasteiger partial charge in [-0.05, 0) is 110 Å². The molecule has 61 heavy (non-hydrogen) atoms. The normalized spacial score (nSPS) is 14.3. The molecule has 0 amide bonds. The summed E-state index contributed by atoms with van der Waals surface area (Å²) in [5.74, 6) is 0. The molecule has 284 valence electrons. The summed E-state index contributed by atoms with van der Waals surface area (Å²) in [6.07, 6.45) is 0. The summed E-state index contributed by atoms with van der Waals surface area (Å²) >= 11 is 0. The number of benzene rings is 9. The van der Waals surface area contributed by atoms with Crippen LogP contribution in [0.15, 0.2) is 203 Å². The molecule has 11 aromatic rings. The van der Waals surface area contributed by atoms with Crippen LogP contribution in [0.5, 0.6) is 0 Å². The molecule has 0 radical (unpaired) electrons. The first kappa shape index (κ1) is 33.3. The highest BCUT2D eigenvalue weighted by Crippen LogP contribution is 2.47. The average molecular weight is 795 g/mol. The highest BCUT2D eigenvalue weighted by molar-refractivity contribution is 7.27. The Morgan fingerprint density at radius 3 is 1.31 bits per heavy atom. The van der Waals surface area contributed by atoms with Crippen molar-refractivity contribution in [2.45, 2.75) is 6.92 Å². The van der Waals surface area contributed by atoms with Gasteiger partial charge in [0, 0.05) is 67.8 Å². The summed E-state index contributed by atoms with van der Waals surface area (Å²) in [6.45, 7) is 2.26. The number of aryl methyl sites for hydroxylation is 1. The van der Waals surface area contributed by atoms with E-state index < -0.39 is 8.07 Å². The standard InChI is InChI=1S/C55H35BN2O2Si/c1-34-30-45-53-46(31-34)58(36-27-29-42-40-19-9-11-23-48(40)60-50(42)33-36)44-21-13-25-52-55(44)56(53)54-43(57(45)35-26-28-41-39-18-8-10-22-47(39)59-49(41)32-35)20-12-24-51(54)61(52,37-14-4-2-5-15-37)38-16-6-3-7-17-38/h2-33H,1H3. The van der Waals surface area contributed by atoms with Crippen LogP contribution < -0.4 is 46.9 Å². The average Bonchev–Trinajstić information content (AvgIpc) is 3.87. The molecular weight excluding hydrogens is 760 g/mol. The van der Waals surface area contributed by atoms with Gasteiger partial charge in [-0.15, -0.1) is 0 Å². The maximum absolute atomic E-state index is 6.58. The molecule has 4 nitrogen and oxygen atoms in total. The van der Waals surface area contributed by atoms with E-state index in [1.165, 1.54) is 65.4 Å². The lowest BCUT2D eigenvalue weighted by Gasteiger charge is -2.51. The van der Waals surface area contributed by atoms with Crippen LogP contribution in [-0.2, 0) is 0 Å². The van der Waals surface area contributed by atoms with Crippen LogP contribution in [0.1, 0.15) is 5.56 Å². The summed E-state index contributed by atoms with van der Waals surface area (Å²) in [7, 11) is -2.95. The van der Waals surface area contributed by atoms with Gasteiger partial charge in [0.05, 0.1) is 0 Å². The van der Waals surface area contributed by atoms with Crippen LogP contribution in [-0.4, -0.2) is 14.8 Å². The van der Waals surface area contributed by atoms with E-state index in [2.05, 4.69) is 199 Å². The van der Waals surface area contributed by atoms with Crippen molar-refractivity contribution < 1.29 is 8.83 Å². The molecule has 0 aliphatic carbocycles. The van der Waals surface area contributed by atoms with Gasteiger partial charge in [0.2, 0.25) is 0 Å². The molecule has 0 saturated heterocycles. The van der Waals surface area contributed by atoms with Crippen LogP contribution in [0.25, 0.3) is 43.9 Å². The van der Waals surface area contributed by atoms with Crippen molar-refractivity contribution in [3.05, 3.63) is 200 Å². The quantitative estimate of drug-likeness (QED) is 0.166. The van der Waals surface area contributed by atoms with Gasteiger partial charge >= 0.3 is 0 Å². The Balaban J connectivity index is 1.13. The fourth-order valence-corrected chi connectivity index (χ4v) is 16.7. The molecule has 9 aromatic carbocycles. The molecule has 6 heteroatoms. The van der Waals surface area contributed by atoms with Gasteiger partial charge in [-0.25, -0.2) is 0 Å². The Morgan fingerprint density at radius 1 is 0.377 bits per heavy atom.